The number of aromatic nitrogens is 2. The average Bonchev–Trinajstić information content (AvgIpc) is 2.47. The van der Waals surface area contributed by atoms with Gasteiger partial charge in [-0.25, -0.2) is 4.98 Å². The van der Waals surface area contributed by atoms with Crippen molar-refractivity contribution in [3.05, 3.63) is 16.0 Å². The van der Waals surface area contributed by atoms with Gasteiger partial charge >= 0.3 is 0 Å². The van der Waals surface area contributed by atoms with E-state index in [2.05, 4.69) is 31.2 Å². The molecule has 1 saturated heterocycles. The van der Waals surface area contributed by atoms with E-state index in [0.29, 0.717) is 16.9 Å². The molecule has 1 aromatic heterocycles. The van der Waals surface area contributed by atoms with Crippen molar-refractivity contribution in [3.63, 3.8) is 0 Å². The summed E-state index contributed by atoms with van der Waals surface area (Å²) in [6, 6.07) is -0.343. The molecule has 0 saturated carbocycles. The van der Waals surface area contributed by atoms with E-state index >= 15 is 0 Å². The summed E-state index contributed by atoms with van der Waals surface area (Å²) in [7, 11) is 0. The van der Waals surface area contributed by atoms with Crippen molar-refractivity contribution in [3.8, 4) is 0 Å². The Morgan fingerprint density at radius 2 is 2.16 bits per heavy atom. The summed E-state index contributed by atoms with van der Waals surface area (Å²) in [5, 5.41) is 13.3. The molecule has 0 amide bonds. The predicted molar refractivity (Wildman–Crippen MR) is 74.1 cm³/mol. The van der Waals surface area contributed by atoms with Gasteiger partial charge in [0.25, 0.3) is 0 Å². The summed E-state index contributed by atoms with van der Waals surface area (Å²) in [6.45, 7) is 4.09. The number of rotatable bonds is 2. The molecule has 1 fully saturated rings. The average molecular weight is 353 g/mol. The Morgan fingerprint density at radius 1 is 1.47 bits per heavy atom. The summed E-state index contributed by atoms with van der Waals surface area (Å²) < 4.78 is 11.7. The highest BCUT2D eigenvalue weighted by Gasteiger charge is 2.31. The van der Waals surface area contributed by atoms with Crippen LogP contribution in [0.5, 0.6) is 0 Å². The number of halogens is 2. The molecule has 2 heterocycles. The van der Waals surface area contributed by atoms with Crippen molar-refractivity contribution in [2.45, 2.75) is 31.8 Å². The molecule has 1 aromatic rings. The highest BCUT2D eigenvalue weighted by atomic mass is 79.9. The number of aliphatic hydroxyl groups excluding tert-OH is 1. The van der Waals surface area contributed by atoms with Crippen LogP contribution in [-0.2, 0) is 9.47 Å². The van der Waals surface area contributed by atoms with Crippen molar-refractivity contribution < 1.29 is 14.6 Å². The molecule has 0 radical (unpaired) electrons. The van der Waals surface area contributed by atoms with Crippen LogP contribution in [0.2, 0.25) is 5.28 Å². The third kappa shape index (κ3) is 4.00. The van der Waals surface area contributed by atoms with Crippen LogP contribution >= 0.6 is 27.5 Å². The van der Waals surface area contributed by atoms with Gasteiger partial charge in [0.1, 0.15) is 5.82 Å². The van der Waals surface area contributed by atoms with Gasteiger partial charge in [-0.05, 0) is 41.4 Å². The third-order valence-corrected chi connectivity index (χ3v) is 3.48. The lowest BCUT2D eigenvalue weighted by Gasteiger charge is -2.23. The summed E-state index contributed by atoms with van der Waals surface area (Å²) in [5.74, 6) is -0.204. The van der Waals surface area contributed by atoms with Crippen LogP contribution in [0.4, 0.5) is 5.82 Å². The molecule has 0 bridgehead atoms. The molecule has 2 atom stereocenters. The molecule has 0 aliphatic carbocycles. The molecule has 8 heteroatoms. The lowest BCUT2D eigenvalue weighted by molar-refractivity contribution is -0.203. The first-order valence-corrected chi connectivity index (χ1v) is 6.95. The van der Waals surface area contributed by atoms with Crippen LogP contribution in [-0.4, -0.2) is 46.2 Å². The maximum Gasteiger partial charge on any atom is 0.224 e. The molecule has 2 N–H and O–H groups in total. The predicted octanol–water partition coefficient (Wildman–Crippen LogP) is 1.82. The van der Waals surface area contributed by atoms with E-state index in [9.17, 15) is 5.11 Å². The molecule has 106 valence electrons. The highest BCUT2D eigenvalue weighted by Crippen LogP contribution is 2.24. The van der Waals surface area contributed by atoms with Crippen LogP contribution in [0.1, 0.15) is 13.8 Å². The molecule has 0 spiro atoms. The van der Waals surface area contributed by atoms with Crippen molar-refractivity contribution in [2.24, 2.45) is 0 Å². The number of nitrogens with one attached hydrogen (secondary N) is 1. The van der Waals surface area contributed by atoms with Gasteiger partial charge in [-0.1, -0.05) is 0 Å². The van der Waals surface area contributed by atoms with Gasteiger partial charge in [0.2, 0.25) is 5.28 Å². The van der Waals surface area contributed by atoms with Crippen molar-refractivity contribution in [2.75, 3.05) is 18.5 Å². The van der Waals surface area contributed by atoms with Crippen LogP contribution in [0.15, 0.2) is 10.7 Å². The zero-order chi connectivity index (χ0) is 14.0. The minimum atomic E-state index is -0.710. The van der Waals surface area contributed by atoms with Crippen molar-refractivity contribution >= 4 is 33.3 Å². The second kappa shape index (κ2) is 5.88. The van der Waals surface area contributed by atoms with E-state index in [1.54, 1.807) is 20.0 Å². The fraction of sp³-hybridized carbons (Fsp3) is 0.636. The highest BCUT2D eigenvalue weighted by molar-refractivity contribution is 9.10. The summed E-state index contributed by atoms with van der Waals surface area (Å²) in [6.07, 6.45) is 0.838. The van der Waals surface area contributed by atoms with Crippen molar-refractivity contribution in [1.82, 2.24) is 9.97 Å². The van der Waals surface area contributed by atoms with Gasteiger partial charge in [-0.2, -0.15) is 4.98 Å². The zero-order valence-corrected chi connectivity index (χ0v) is 12.9. The lowest BCUT2D eigenvalue weighted by Crippen LogP contribution is -2.38. The number of ether oxygens (including phenoxy) is 2. The number of aliphatic hydroxyl groups is 1. The van der Waals surface area contributed by atoms with Crippen LogP contribution in [0, 0.1) is 0 Å². The first-order chi connectivity index (χ1) is 8.87. The number of nitrogens with zero attached hydrogens (tertiary/aromatic N) is 2. The Bertz CT molecular complexity index is 461. The molecule has 0 unspecified atom stereocenters. The number of hydrogen-bond acceptors (Lipinski definition) is 6. The standard InChI is InChI=1S/C11H15BrClN3O3/c1-11(2)18-4-7(8(17)5-19-11)15-9-6(12)3-14-10(13)16-9/h3,7-8,17H,4-5H2,1-2H3,(H,14,15,16)/t7-,8-/m1/s1. The van der Waals surface area contributed by atoms with Gasteiger partial charge in [0, 0.05) is 6.20 Å². The molecule has 19 heavy (non-hydrogen) atoms. The number of anilines is 1. The number of hydrogen-bond donors (Lipinski definition) is 2. The minimum Gasteiger partial charge on any atom is -0.388 e. The van der Waals surface area contributed by atoms with Gasteiger partial charge in [0.15, 0.2) is 5.79 Å². The van der Waals surface area contributed by atoms with Crippen LogP contribution in [0.25, 0.3) is 0 Å². The second-order valence-electron chi connectivity index (χ2n) is 4.68. The van der Waals surface area contributed by atoms with Gasteiger partial charge in [-0.15, -0.1) is 0 Å². The maximum atomic E-state index is 10.0. The molecule has 1 aliphatic heterocycles. The summed E-state index contributed by atoms with van der Waals surface area (Å²) >= 11 is 9.07. The molecule has 0 aromatic carbocycles. The van der Waals surface area contributed by atoms with Gasteiger partial charge in [-0.3, -0.25) is 0 Å². The molecular weight excluding hydrogens is 337 g/mol. The Morgan fingerprint density at radius 3 is 2.89 bits per heavy atom. The fourth-order valence-electron chi connectivity index (χ4n) is 1.61. The first-order valence-electron chi connectivity index (χ1n) is 5.78. The smallest absolute Gasteiger partial charge is 0.224 e. The van der Waals surface area contributed by atoms with E-state index in [0.717, 1.165) is 0 Å². The molecule has 6 nitrogen and oxygen atoms in total. The molecule has 2 rings (SSSR count). The monoisotopic (exact) mass is 351 g/mol. The van der Waals surface area contributed by atoms with E-state index < -0.39 is 11.9 Å². The quantitative estimate of drug-likeness (QED) is 0.791. The molecule has 1 aliphatic rings. The second-order valence-corrected chi connectivity index (χ2v) is 5.87. The van der Waals surface area contributed by atoms with E-state index in [1.807, 2.05) is 0 Å². The Hall–Kier alpha value is -0.470. The maximum absolute atomic E-state index is 10.0. The van der Waals surface area contributed by atoms with Crippen LogP contribution in [0.3, 0.4) is 0 Å². The lowest BCUT2D eigenvalue weighted by atomic mass is 10.2. The normalized spacial score (nSPS) is 26.8. The summed E-state index contributed by atoms with van der Waals surface area (Å²) in [5.41, 5.74) is 0. The van der Waals surface area contributed by atoms with E-state index in [4.69, 9.17) is 21.1 Å². The first kappa shape index (κ1) is 14.9. The Balaban J connectivity index is 2.11. The van der Waals surface area contributed by atoms with E-state index in [1.165, 1.54) is 0 Å². The van der Waals surface area contributed by atoms with Crippen LogP contribution < -0.4 is 5.32 Å². The van der Waals surface area contributed by atoms with E-state index in [-0.39, 0.29) is 17.9 Å². The minimum absolute atomic E-state index is 0.131. The third-order valence-electron chi connectivity index (χ3n) is 2.71. The summed E-state index contributed by atoms with van der Waals surface area (Å²) in [4.78, 5) is 7.90. The SMILES string of the molecule is CC1(C)OC[C@@H](O)[C@H](Nc2nc(Cl)ncc2Br)CO1. The Kier molecular flexibility index (Phi) is 4.62. The van der Waals surface area contributed by atoms with Gasteiger partial charge < -0.3 is 19.9 Å². The Labute approximate surface area is 124 Å². The molecular formula is C11H15BrClN3O3. The largest absolute Gasteiger partial charge is 0.388 e. The van der Waals surface area contributed by atoms with Crippen molar-refractivity contribution in [1.29, 1.82) is 0 Å². The topological polar surface area (TPSA) is 76.5 Å². The fourth-order valence-corrected chi connectivity index (χ4v) is 2.04. The zero-order valence-electron chi connectivity index (χ0n) is 10.6. The van der Waals surface area contributed by atoms with Gasteiger partial charge in [0.05, 0.1) is 29.8 Å².